The fourth-order valence-corrected chi connectivity index (χ4v) is 2.68. The fraction of sp³-hybridized carbons (Fsp3) is 0.286. The number of hydrogen-bond donors (Lipinski definition) is 2. The molecule has 8 nitrogen and oxygen atoms in total. The Morgan fingerprint density at radius 2 is 1.83 bits per heavy atom. The van der Waals surface area contributed by atoms with E-state index in [1.165, 1.54) is 6.92 Å². The summed E-state index contributed by atoms with van der Waals surface area (Å²) in [5.41, 5.74) is 1.40. The van der Waals surface area contributed by atoms with E-state index in [0.717, 1.165) is 5.56 Å². The maximum Gasteiger partial charge on any atom is 0.308 e. The number of ether oxygens (including phenoxy) is 3. The number of esters is 1. The molecule has 0 aromatic heterocycles. The van der Waals surface area contributed by atoms with E-state index >= 15 is 0 Å². The number of benzene rings is 2. The van der Waals surface area contributed by atoms with Gasteiger partial charge >= 0.3 is 5.97 Å². The second kappa shape index (κ2) is 9.59. The van der Waals surface area contributed by atoms with E-state index in [9.17, 15) is 14.4 Å². The second-order valence-corrected chi connectivity index (χ2v) is 6.45. The first-order valence-electron chi connectivity index (χ1n) is 9.22. The lowest BCUT2D eigenvalue weighted by molar-refractivity contribution is -0.153. The van der Waals surface area contributed by atoms with Gasteiger partial charge in [-0.25, -0.2) is 0 Å². The molecule has 8 heteroatoms. The number of rotatable bonds is 8. The molecule has 2 amide bonds. The zero-order valence-corrected chi connectivity index (χ0v) is 16.0. The number of carbonyl (C=O) groups is 3. The van der Waals surface area contributed by atoms with Gasteiger partial charge in [-0.15, -0.1) is 0 Å². The minimum atomic E-state index is -0.979. The lowest BCUT2D eigenvalue weighted by Crippen LogP contribution is -2.32. The van der Waals surface area contributed by atoms with Crippen molar-refractivity contribution in [2.75, 3.05) is 18.7 Å². The molecule has 0 fully saturated rings. The van der Waals surface area contributed by atoms with Crippen molar-refractivity contribution in [1.82, 2.24) is 5.32 Å². The molecule has 0 saturated heterocycles. The van der Waals surface area contributed by atoms with Gasteiger partial charge in [0, 0.05) is 18.3 Å². The summed E-state index contributed by atoms with van der Waals surface area (Å²) in [6.45, 7) is 1.76. The third kappa shape index (κ3) is 5.97. The van der Waals surface area contributed by atoms with Gasteiger partial charge in [0.15, 0.2) is 17.6 Å². The average molecular weight is 398 g/mol. The van der Waals surface area contributed by atoms with Crippen LogP contribution in [0, 0.1) is 0 Å². The van der Waals surface area contributed by atoms with E-state index in [0.29, 0.717) is 17.2 Å². The molecule has 152 valence electrons. The molecule has 1 unspecified atom stereocenters. The van der Waals surface area contributed by atoms with Crippen molar-refractivity contribution in [3.63, 3.8) is 0 Å². The zero-order chi connectivity index (χ0) is 20.6. The topological polar surface area (TPSA) is 103 Å². The molecule has 3 rings (SSSR count). The summed E-state index contributed by atoms with van der Waals surface area (Å²) in [4.78, 5) is 36.0. The van der Waals surface area contributed by atoms with Gasteiger partial charge < -0.3 is 24.8 Å². The van der Waals surface area contributed by atoms with Crippen molar-refractivity contribution >= 4 is 23.5 Å². The van der Waals surface area contributed by atoms with Crippen LogP contribution in [0.4, 0.5) is 5.69 Å². The molecule has 0 aliphatic carbocycles. The molecule has 1 heterocycles. The van der Waals surface area contributed by atoms with Crippen LogP contribution < -0.4 is 20.1 Å². The Balaban J connectivity index is 1.37. The molecular weight excluding hydrogens is 376 g/mol. The molecule has 2 aromatic rings. The van der Waals surface area contributed by atoms with Crippen LogP contribution in [-0.2, 0) is 25.5 Å². The molecule has 2 aromatic carbocycles. The highest BCUT2D eigenvalue weighted by atomic mass is 16.7. The van der Waals surface area contributed by atoms with Crippen molar-refractivity contribution in [2.24, 2.45) is 0 Å². The summed E-state index contributed by atoms with van der Waals surface area (Å²) in [7, 11) is 0. The maximum absolute atomic E-state index is 12.2. The molecule has 1 aliphatic heterocycles. The monoisotopic (exact) mass is 398 g/mol. The molecule has 1 aliphatic rings. The molecule has 2 N–H and O–H groups in total. The highest BCUT2D eigenvalue weighted by Gasteiger charge is 2.19. The summed E-state index contributed by atoms with van der Waals surface area (Å²) < 4.78 is 15.6. The van der Waals surface area contributed by atoms with Crippen LogP contribution in [0.1, 0.15) is 18.9 Å². The zero-order valence-electron chi connectivity index (χ0n) is 16.0. The van der Waals surface area contributed by atoms with Crippen molar-refractivity contribution < 1.29 is 28.6 Å². The standard InChI is InChI=1S/C21H22N2O6/c1-14(21(26)23-16-7-8-17-18(12-16)28-13-27-17)29-20(25)9-10-22-19(24)11-15-5-3-2-4-6-15/h2-8,12,14H,9-11,13H2,1H3,(H,22,24)(H,23,26). The first-order valence-corrected chi connectivity index (χ1v) is 9.22. The Kier molecular flexibility index (Phi) is 6.67. The highest BCUT2D eigenvalue weighted by molar-refractivity contribution is 5.95. The number of nitrogens with one attached hydrogen (secondary N) is 2. The van der Waals surface area contributed by atoms with E-state index in [-0.39, 0.29) is 32.1 Å². The second-order valence-electron chi connectivity index (χ2n) is 6.45. The normalized spacial score (nSPS) is 12.7. The van der Waals surface area contributed by atoms with Crippen molar-refractivity contribution in [1.29, 1.82) is 0 Å². The largest absolute Gasteiger partial charge is 0.454 e. The predicted molar refractivity (Wildman–Crippen MR) is 105 cm³/mol. The lowest BCUT2D eigenvalue weighted by Gasteiger charge is -2.14. The van der Waals surface area contributed by atoms with Gasteiger partial charge in [-0.3, -0.25) is 14.4 Å². The molecule has 0 radical (unpaired) electrons. The van der Waals surface area contributed by atoms with Crippen LogP contribution in [0.15, 0.2) is 48.5 Å². The van der Waals surface area contributed by atoms with E-state index in [2.05, 4.69) is 10.6 Å². The van der Waals surface area contributed by atoms with Crippen LogP contribution in [0.3, 0.4) is 0 Å². The molecule has 1 atom stereocenters. The Morgan fingerprint density at radius 3 is 2.62 bits per heavy atom. The van der Waals surface area contributed by atoms with E-state index in [4.69, 9.17) is 14.2 Å². The number of amides is 2. The molecule has 0 spiro atoms. The van der Waals surface area contributed by atoms with E-state index in [1.54, 1.807) is 18.2 Å². The van der Waals surface area contributed by atoms with Gasteiger partial charge in [0.05, 0.1) is 12.8 Å². The predicted octanol–water partition coefficient (Wildman–Crippen LogP) is 2.03. The Morgan fingerprint density at radius 1 is 1.07 bits per heavy atom. The number of hydrogen-bond acceptors (Lipinski definition) is 6. The quantitative estimate of drug-likeness (QED) is 0.660. The molecule has 0 saturated carbocycles. The first-order chi connectivity index (χ1) is 14.0. The first kappa shape index (κ1) is 20.2. The van der Waals surface area contributed by atoms with Crippen LogP contribution in [0.25, 0.3) is 0 Å². The summed E-state index contributed by atoms with van der Waals surface area (Å²) >= 11 is 0. The third-order valence-corrected chi connectivity index (χ3v) is 4.18. The SMILES string of the molecule is CC(OC(=O)CCNC(=O)Cc1ccccc1)C(=O)Nc1ccc2c(c1)OCO2. The Labute approximate surface area is 168 Å². The Bertz CT molecular complexity index is 884. The van der Waals surface area contributed by atoms with Crippen molar-refractivity contribution in [3.8, 4) is 11.5 Å². The lowest BCUT2D eigenvalue weighted by atomic mass is 10.1. The number of fused-ring (bicyclic) bond motifs is 1. The van der Waals surface area contributed by atoms with Crippen molar-refractivity contribution in [2.45, 2.75) is 25.9 Å². The van der Waals surface area contributed by atoms with E-state index in [1.807, 2.05) is 30.3 Å². The molecule has 0 bridgehead atoms. The maximum atomic E-state index is 12.2. The minimum absolute atomic E-state index is 0.0256. The van der Waals surface area contributed by atoms with Gasteiger partial charge in [0.1, 0.15) is 0 Å². The van der Waals surface area contributed by atoms with Gasteiger partial charge in [0.2, 0.25) is 12.7 Å². The Hall–Kier alpha value is -3.55. The van der Waals surface area contributed by atoms with Crippen molar-refractivity contribution in [3.05, 3.63) is 54.1 Å². The van der Waals surface area contributed by atoms with E-state index < -0.39 is 18.0 Å². The van der Waals surface area contributed by atoms with Crippen LogP contribution >= 0.6 is 0 Å². The van der Waals surface area contributed by atoms with Crippen LogP contribution in [0.5, 0.6) is 11.5 Å². The van der Waals surface area contributed by atoms with Crippen LogP contribution in [0.2, 0.25) is 0 Å². The summed E-state index contributed by atoms with van der Waals surface area (Å²) in [6, 6.07) is 14.3. The third-order valence-electron chi connectivity index (χ3n) is 4.18. The molecule has 29 heavy (non-hydrogen) atoms. The van der Waals surface area contributed by atoms with Crippen LogP contribution in [-0.4, -0.2) is 37.2 Å². The molecular formula is C21H22N2O6. The average Bonchev–Trinajstić information content (AvgIpc) is 3.16. The fourth-order valence-electron chi connectivity index (χ4n) is 2.68. The smallest absolute Gasteiger partial charge is 0.308 e. The summed E-state index contributed by atoms with van der Waals surface area (Å²) in [5, 5.41) is 5.32. The minimum Gasteiger partial charge on any atom is -0.454 e. The highest BCUT2D eigenvalue weighted by Crippen LogP contribution is 2.34. The van der Waals surface area contributed by atoms with Gasteiger partial charge in [-0.2, -0.15) is 0 Å². The summed E-state index contributed by atoms with van der Waals surface area (Å²) in [5.74, 6) is -0.0724. The van der Waals surface area contributed by atoms with Gasteiger partial charge in [-0.05, 0) is 24.6 Å². The van der Waals surface area contributed by atoms with Gasteiger partial charge in [-0.1, -0.05) is 30.3 Å². The summed E-state index contributed by atoms with van der Waals surface area (Å²) in [6.07, 6.45) is -0.764. The van der Waals surface area contributed by atoms with Gasteiger partial charge in [0.25, 0.3) is 5.91 Å². The number of anilines is 1. The number of carbonyl (C=O) groups excluding carboxylic acids is 3.